The van der Waals surface area contributed by atoms with Gasteiger partial charge >= 0.3 is 0 Å². The van der Waals surface area contributed by atoms with Crippen molar-refractivity contribution in [2.45, 2.75) is 11.8 Å². The number of ether oxygens (including phenoxy) is 1. The summed E-state index contributed by atoms with van der Waals surface area (Å²) in [6.45, 7) is 1.24. The molecule has 0 unspecified atom stereocenters. The minimum absolute atomic E-state index is 0.000723. The molecule has 0 radical (unpaired) electrons. The lowest BCUT2D eigenvalue weighted by atomic mass is 10.1. The summed E-state index contributed by atoms with van der Waals surface area (Å²) in [4.78, 5) is 23.9. The molecule has 26 heavy (non-hydrogen) atoms. The zero-order valence-electron chi connectivity index (χ0n) is 14.1. The number of aryl methyl sites for hydroxylation is 1. The van der Waals surface area contributed by atoms with E-state index >= 15 is 0 Å². The van der Waals surface area contributed by atoms with Crippen LogP contribution in [0.5, 0.6) is 5.75 Å². The number of hydrogen-bond acceptors (Lipinski definition) is 5. The highest BCUT2D eigenvalue weighted by atomic mass is 32.2. The third kappa shape index (κ3) is 5.28. The summed E-state index contributed by atoms with van der Waals surface area (Å²) in [7, 11) is -3.46. The number of benzene rings is 2. The maximum absolute atomic E-state index is 12.8. The molecule has 0 atom stereocenters. The largest absolute Gasteiger partial charge is 0.484 e. The first-order valence-electron chi connectivity index (χ1n) is 7.45. The molecule has 0 aromatic heterocycles. The lowest BCUT2D eigenvalue weighted by Crippen LogP contribution is -2.44. The predicted molar refractivity (Wildman–Crippen MR) is 91.8 cm³/mol. The third-order valence-electron chi connectivity index (χ3n) is 3.38. The van der Waals surface area contributed by atoms with Crippen molar-refractivity contribution in [1.29, 1.82) is 0 Å². The Kier molecular flexibility index (Phi) is 5.93. The highest BCUT2D eigenvalue weighted by molar-refractivity contribution is 7.90. The van der Waals surface area contributed by atoms with Gasteiger partial charge in [-0.15, -0.1) is 0 Å². The van der Waals surface area contributed by atoms with E-state index in [0.29, 0.717) is 11.3 Å². The Morgan fingerprint density at radius 3 is 2.35 bits per heavy atom. The zero-order chi connectivity index (χ0) is 19.3. The van der Waals surface area contributed by atoms with E-state index in [4.69, 9.17) is 4.74 Å². The van der Waals surface area contributed by atoms with Crippen molar-refractivity contribution < 1.29 is 27.1 Å². The molecule has 0 aliphatic rings. The molecule has 0 saturated carbocycles. The van der Waals surface area contributed by atoms with Crippen molar-refractivity contribution in [3.05, 3.63) is 59.4 Å². The van der Waals surface area contributed by atoms with Crippen LogP contribution in [0, 0.1) is 12.7 Å². The maximum atomic E-state index is 12.8. The smallest absolute Gasteiger partial charge is 0.276 e. The van der Waals surface area contributed by atoms with Crippen LogP contribution in [0.25, 0.3) is 0 Å². The molecular formula is C17H17FN2O5S. The number of halogens is 1. The molecule has 138 valence electrons. The Balaban J connectivity index is 1.93. The van der Waals surface area contributed by atoms with Gasteiger partial charge < -0.3 is 4.74 Å². The number of hydrazine groups is 1. The molecule has 2 N–H and O–H groups in total. The van der Waals surface area contributed by atoms with E-state index in [9.17, 15) is 22.4 Å². The number of hydrogen-bond donors (Lipinski definition) is 2. The molecule has 2 aromatic carbocycles. The number of rotatable bonds is 5. The highest BCUT2D eigenvalue weighted by Gasteiger charge is 2.15. The summed E-state index contributed by atoms with van der Waals surface area (Å²) in [5, 5.41) is 0. The highest BCUT2D eigenvalue weighted by Crippen LogP contribution is 2.15. The van der Waals surface area contributed by atoms with Gasteiger partial charge in [0.25, 0.3) is 11.8 Å². The average Bonchev–Trinajstić information content (AvgIpc) is 2.58. The molecule has 2 rings (SSSR count). The molecule has 0 aliphatic heterocycles. The minimum atomic E-state index is -3.46. The number of amides is 2. The molecule has 0 fully saturated rings. The Labute approximate surface area is 150 Å². The summed E-state index contributed by atoms with van der Waals surface area (Å²) in [5.41, 5.74) is 5.02. The summed E-state index contributed by atoms with van der Waals surface area (Å²) in [5.74, 6) is -1.44. The van der Waals surface area contributed by atoms with Crippen LogP contribution in [0.4, 0.5) is 4.39 Å². The van der Waals surface area contributed by atoms with Crippen molar-refractivity contribution in [2.75, 3.05) is 12.9 Å². The molecule has 9 heteroatoms. The van der Waals surface area contributed by atoms with Gasteiger partial charge in [-0.05, 0) is 48.9 Å². The Bertz CT molecular complexity index is 927. The van der Waals surface area contributed by atoms with Crippen LogP contribution in [0.15, 0.2) is 47.4 Å². The minimum Gasteiger partial charge on any atom is -0.484 e. The molecule has 0 heterocycles. The fourth-order valence-corrected chi connectivity index (χ4v) is 2.63. The monoisotopic (exact) mass is 380 g/mol. The molecule has 0 aliphatic carbocycles. The fraction of sp³-hybridized carbons (Fsp3) is 0.176. The SMILES string of the molecule is Cc1ccc(S(C)(=O)=O)cc1C(=O)NNC(=O)COc1ccc(F)cc1. The van der Waals surface area contributed by atoms with E-state index in [2.05, 4.69) is 10.9 Å². The first-order valence-corrected chi connectivity index (χ1v) is 9.34. The molecule has 0 bridgehead atoms. The average molecular weight is 380 g/mol. The zero-order valence-corrected chi connectivity index (χ0v) is 14.9. The van der Waals surface area contributed by atoms with E-state index in [-0.39, 0.29) is 10.5 Å². The van der Waals surface area contributed by atoms with Gasteiger partial charge in [-0.1, -0.05) is 6.07 Å². The van der Waals surface area contributed by atoms with Crippen molar-refractivity contribution in [3.8, 4) is 5.75 Å². The van der Waals surface area contributed by atoms with Crippen molar-refractivity contribution in [3.63, 3.8) is 0 Å². The molecule has 2 amide bonds. The molecule has 0 saturated heterocycles. The van der Waals surface area contributed by atoms with Crippen LogP contribution < -0.4 is 15.6 Å². The van der Waals surface area contributed by atoms with Gasteiger partial charge in [-0.3, -0.25) is 20.4 Å². The second kappa shape index (κ2) is 7.96. The van der Waals surface area contributed by atoms with Gasteiger partial charge in [0.1, 0.15) is 11.6 Å². The van der Waals surface area contributed by atoms with Crippen molar-refractivity contribution >= 4 is 21.7 Å². The van der Waals surface area contributed by atoms with E-state index in [1.807, 2.05) is 0 Å². The fourth-order valence-electron chi connectivity index (χ4n) is 1.99. The summed E-state index contributed by atoms with van der Waals surface area (Å²) in [6.07, 6.45) is 1.04. The van der Waals surface area contributed by atoms with Gasteiger partial charge in [0.15, 0.2) is 16.4 Å². The van der Waals surface area contributed by atoms with E-state index in [0.717, 1.165) is 6.26 Å². The summed E-state index contributed by atoms with van der Waals surface area (Å²) < 4.78 is 41.1. The molecule has 2 aromatic rings. The lowest BCUT2D eigenvalue weighted by molar-refractivity contribution is -0.123. The van der Waals surface area contributed by atoms with Gasteiger partial charge in [-0.2, -0.15) is 0 Å². The van der Waals surface area contributed by atoms with E-state index in [1.54, 1.807) is 6.92 Å². The maximum Gasteiger partial charge on any atom is 0.276 e. The lowest BCUT2D eigenvalue weighted by Gasteiger charge is -2.11. The first kappa shape index (κ1) is 19.4. The summed E-state index contributed by atoms with van der Waals surface area (Å²) in [6, 6.07) is 9.24. The first-order chi connectivity index (χ1) is 12.2. The van der Waals surface area contributed by atoms with Crippen molar-refractivity contribution in [2.24, 2.45) is 0 Å². The molecule has 7 nitrogen and oxygen atoms in total. The number of nitrogens with one attached hydrogen (secondary N) is 2. The van der Waals surface area contributed by atoms with Crippen LogP contribution >= 0.6 is 0 Å². The summed E-state index contributed by atoms with van der Waals surface area (Å²) >= 11 is 0. The van der Waals surface area contributed by atoms with Crippen LogP contribution in [0.2, 0.25) is 0 Å². The van der Waals surface area contributed by atoms with Crippen LogP contribution in [-0.4, -0.2) is 33.1 Å². The quantitative estimate of drug-likeness (QED) is 0.763. The van der Waals surface area contributed by atoms with Gasteiger partial charge in [0, 0.05) is 11.8 Å². The van der Waals surface area contributed by atoms with Crippen LogP contribution in [-0.2, 0) is 14.6 Å². The second-order valence-corrected chi connectivity index (χ2v) is 7.51. The van der Waals surface area contributed by atoms with Crippen molar-refractivity contribution in [1.82, 2.24) is 10.9 Å². The van der Waals surface area contributed by atoms with E-state index in [1.165, 1.54) is 42.5 Å². The molecule has 0 spiro atoms. The van der Waals surface area contributed by atoms with Gasteiger partial charge in [0.05, 0.1) is 4.90 Å². The Morgan fingerprint density at radius 1 is 1.08 bits per heavy atom. The second-order valence-electron chi connectivity index (χ2n) is 5.49. The van der Waals surface area contributed by atoms with Crippen LogP contribution in [0.3, 0.4) is 0 Å². The number of carbonyl (C=O) groups excluding carboxylic acids is 2. The normalized spacial score (nSPS) is 10.9. The Morgan fingerprint density at radius 2 is 1.73 bits per heavy atom. The standard InChI is InChI=1S/C17H17FN2O5S/c1-11-3-8-14(26(2,23)24)9-15(11)17(22)20-19-16(21)10-25-13-6-4-12(18)5-7-13/h3-9H,10H2,1-2H3,(H,19,21)(H,20,22). The predicted octanol–water partition coefficient (Wildman–Crippen LogP) is 1.38. The topological polar surface area (TPSA) is 102 Å². The number of sulfone groups is 1. The van der Waals surface area contributed by atoms with Gasteiger partial charge in [-0.25, -0.2) is 12.8 Å². The van der Waals surface area contributed by atoms with Gasteiger partial charge in [0.2, 0.25) is 0 Å². The third-order valence-corrected chi connectivity index (χ3v) is 4.49. The van der Waals surface area contributed by atoms with E-state index < -0.39 is 34.1 Å². The Hall–Kier alpha value is -2.94. The van der Waals surface area contributed by atoms with Crippen LogP contribution in [0.1, 0.15) is 15.9 Å². The molecular weight excluding hydrogens is 363 g/mol. The number of carbonyl (C=O) groups is 2.